The van der Waals surface area contributed by atoms with E-state index < -0.39 is 0 Å². The number of piperidine rings is 1. The van der Waals surface area contributed by atoms with Crippen LogP contribution in [-0.4, -0.2) is 13.1 Å². The zero-order chi connectivity index (χ0) is 9.86. The summed E-state index contributed by atoms with van der Waals surface area (Å²) in [5, 5.41) is 3.50. The zero-order valence-corrected chi connectivity index (χ0v) is 8.92. The van der Waals surface area contributed by atoms with E-state index in [2.05, 4.69) is 42.6 Å². The molecular weight excluding hydrogens is 170 g/mol. The summed E-state index contributed by atoms with van der Waals surface area (Å²) in [5.74, 6) is 0. The number of nitrogens with one attached hydrogen (secondary N) is 1. The molecule has 1 heterocycles. The monoisotopic (exact) mass is 189 g/mol. The molecule has 1 aliphatic rings. The summed E-state index contributed by atoms with van der Waals surface area (Å²) < 4.78 is 0. The van der Waals surface area contributed by atoms with E-state index in [0.717, 1.165) is 0 Å². The van der Waals surface area contributed by atoms with Gasteiger partial charge in [-0.3, -0.25) is 0 Å². The van der Waals surface area contributed by atoms with Crippen molar-refractivity contribution >= 4 is 0 Å². The Bertz CT molecular complexity index is 273. The topological polar surface area (TPSA) is 12.0 Å². The minimum Gasteiger partial charge on any atom is -0.316 e. The van der Waals surface area contributed by atoms with Gasteiger partial charge in [-0.2, -0.15) is 0 Å². The van der Waals surface area contributed by atoms with Crippen LogP contribution < -0.4 is 5.32 Å². The molecule has 1 aromatic carbocycles. The lowest BCUT2D eigenvalue weighted by Gasteiger charge is -2.34. The first-order valence-corrected chi connectivity index (χ1v) is 5.53. The van der Waals surface area contributed by atoms with Crippen LogP contribution in [-0.2, 0) is 6.42 Å². The molecule has 1 heteroatoms. The van der Waals surface area contributed by atoms with Crippen LogP contribution in [0.3, 0.4) is 0 Å². The molecule has 2 rings (SSSR count). The van der Waals surface area contributed by atoms with Crippen LogP contribution in [0.5, 0.6) is 0 Å². The Morgan fingerprint density at radius 2 is 2.07 bits per heavy atom. The van der Waals surface area contributed by atoms with Crippen molar-refractivity contribution in [2.24, 2.45) is 5.41 Å². The zero-order valence-electron chi connectivity index (χ0n) is 8.92. The average Bonchev–Trinajstić information content (AvgIpc) is 2.19. The molecule has 1 atom stereocenters. The predicted molar refractivity (Wildman–Crippen MR) is 60.4 cm³/mol. The maximum atomic E-state index is 3.50. The van der Waals surface area contributed by atoms with Gasteiger partial charge in [0.05, 0.1) is 0 Å². The van der Waals surface area contributed by atoms with Crippen LogP contribution in [0.2, 0.25) is 0 Å². The van der Waals surface area contributed by atoms with E-state index >= 15 is 0 Å². The number of hydrogen-bond donors (Lipinski definition) is 1. The molecule has 0 aromatic heterocycles. The van der Waals surface area contributed by atoms with Crippen molar-refractivity contribution < 1.29 is 0 Å². The summed E-state index contributed by atoms with van der Waals surface area (Å²) in [6.07, 6.45) is 3.89. The Hall–Kier alpha value is -0.820. The molecule has 1 aromatic rings. The van der Waals surface area contributed by atoms with Gasteiger partial charge in [-0.1, -0.05) is 37.3 Å². The molecule has 0 radical (unpaired) electrons. The third-order valence-electron chi connectivity index (χ3n) is 3.16. The number of rotatable bonds is 2. The van der Waals surface area contributed by atoms with Crippen LogP contribution >= 0.6 is 0 Å². The summed E-state index contributed by atoms with van der Waals surface area (Å²) >= 11 is 0. The summed E-state index contributed by atoms with van der Waals surface area (Å²) in [7, 11) is 0. The van der Waals surface area contributed by atoms with Crippen molar-refractivity contribution in [2.45, 2.75) is 26.2 Å². The highest BCUT2D eigenvalue weighted by atomic mass is 14.9. The second-order valence-corrected chi connectivity index (χ2v) is 4.75. The molecule has 1 N–H and O–H groups in total. The second kappa shape index (κ2) is 4.14. The first-order chi connectivity index (χ1) is 6.79. The van der Waals surface area contributed by atoms with Crippen molar-refractivity contribution in [3.05, 3.63) is 35.9 Å². The van der Waals surface area contributed by atoms with E-state index in [0.29, 0.717) is 5.41 Å². The molecule has 0 spiro atoms. The first-order valence-electron chi connectivity index (χ1n) is 5.53. The van der Waals surface area contributed by atoms with Gasteiger partial charge in [-0.15, -0.1) is 0 Å². The van der Waals surface area contributed by atoms with Crippen LogP contribution in [0.15, 0.2) is 30.3 Å². The fraction of sp³-hybridized carbons (Fsp3) is 0.538. The van der Waals surface area contributed by atoms with Crippen molar-refractivity contribution in [1.82, 2.24) is 5.32 Å². The second-order valence-electron chi connectivity index (χ2n) is 4.75. The van der Waals surface area contributed by atoms with Crippen molar-refractivity contribution in [1.29, 1.82) is 0 Å². The summed E-state index contributed by atoms with van der Waals surface area (Å²) in [6.45, 7) is 4.76. The molecule has 76 valence electrons. The lowest BCUT2D eigenvalue weighted by Crippen LogP contribution is -2.39. The smallest absolute Gasteiger partial charge is 0.000835 e. The molecule has 1 aliphatic heterocycles. The maximum Gasteiger partial charge on any atom is 0.000835 e. The highest BCUT2D eigenvalue weighted by molar-refractivity contribution is 5.16. The molecule has 1 nitrogen and oxygen atoms in total. The molecule has 0 bridgehead atoms. The normalized spacial score (nSPS) is 27.5. The summed E-state index contributed by atoms with van der Waals surface area (Å²) in [4.78, 5) is 0. The molecule has 0 amide bonds. The van der Waals surface area contributed by atoms with Crippen molar-refractivity contribution in [2.75, 3.05) is 13.1 Å². The Labute approximate surface area is 86.5 Å². The lowest BCUT2D eigenvalue weighted by molar-refractivity contribution is 0.235. The van der Waals surface area contributed by atoms with Gasteiger partial charge in [-0.25, -0.2) is 0 Å². The van der Waals surface area contributed by atoms with Crippen LogP contribution in [0.1, 0.15) is 25.3 Å². The Balaban J connectivity index is 2.02. The molecule has 0 saturated carbocycles. The summed E-state index contributed by atoms with van der Waals surface area (Å²) in [6, 6.07) is 10.8. The minimum absolute atomic E-state index is 0.472. The van der Waals surface area contributed by atoms with Gasteiger partial charge < -0.3 is 5.32 Å². The van der Waals surface area contributed by atoms with E-state index in [1.807, 2.05) is 0 Å². The fourth-order valence-electron chi connectivity index (χ4n) is 2.36. The van der Waals surface area contributed by atoms with Gasteiger partial charge in [0.15, 0.2) is 0 Å². The van der Waals surface area contributed by atoms with Crippen molar-refractivity contribution in [3.8, 4) is 0 Å². The molecular formula is C13H19N. The van der Waals surface area contributed by atoms with Gasteiger partial charge in [0.25, 0.3) is 0 Å². The first kappa shape index (κ1) is 9.72. The van der Waals surface area contributed by atoms with Crippen LogP contribution in [0.4, 0.5) is 0 Å². The molecule has 0 aliphatic carbocycles. The maximum absolute atomic E-state index is 3.50. The van der Waals surface area contributed by atoms with Gasteiger partial charge in [0, 0.05) is 6.54 Å². The van der Waals surface area contributed by atoms with E-state index in [1.165, 1.54) is 37.9 Å². The van der Waals surface area contributed by atoms with E-state index in [-0.39, 0.29) is 0 Å². The lowest BCUT2D eigenvalue weighted by atomic mass is 9.78. The Morgan fingerprint density at radius 3 is 2.71 bits per heavy atom. The number of hydrogen-bond acceptors (Lipinski definition) is 1. The van der Waals surface area contributed by atoms with Crippen LogP contribution in [0, 0.1) is 5.41 Å². The largest absolute Gasteiger partial charge is 0.316 e. The standard InChI is InChI=1S/C13H19N/c1-13(8-5-9-14-11-13)10-12-6-3-2-4-7-12/h2-4,6-7,14H,5,8-11H2,1H3. The molecule has 1 fully saturated rings. The fourth-order valence-corrected chi connectivity index (χ4v) is 2.36. The van der Waals surface area contributed by atoms with E-state index in [9.17, 15) is 0 Å². The highest BCUT2D eigenvalue weighted by Crippen LogP contribution is 2.29. The Morgan fingerprint density at radius 1 is 1.29 bits per heavy atom. The SMILES string of the molecule is CC1(Cc2ccccc2)CCCNC1. The van der Waals surface area contributed by atoms with E-state index in [4.69, 9.17) is 0 Å². The average molecular weight is 189 g/mol. The Kier molecular flexibility index (Phi) is 2.87. The molecule has 1 unspecified atom stereocenters. The quantitative estimate of drug-likeness (QED) is 0.754. The summed E-state index contributed by atoms with van der Waals surface area (Å²) in [5.41, 5.74) is 1.94. The van der Waals surface area contributed by atoms with Gasteiger partial charge >= 0.3 is 0 Å². The number of benzene rings is 1. The van der Waals surface area contributed by atoms with Gasteiger partial charge in [0.2, 0.25) is 0 Å². The highest BCUT2D eigenvalue weighted by Gasteiger charge is 2.26. The predicted octanol–water partition coefficient (Wildman–Crippen LogP) is 2.62. The van der Waals surface area contributed by atoms with Crippen molar-refractivity contribution in [3.63, 3.8) is 0 Å². The van der Waals surface area contributed by atoms with Gasteiger partial charge in [-0.05, 0) is 36.8 Å². The van der Waals surface area contributed by atoms with Gasteiger partial charge in [0.1, 0.15) is 0 Å². The molecule has 1 saturated heterocycles. The third kappa shape index (κ3) is 2.36. The van der Waals surface area contributed by atoms with Crippen LogP contribution in [0.25, 0.3) is 0 Å². The van der Waals surface area contributed by atoms with E-state index in [1.54, 1.807) is 0 Å². The molecule has 14 heavy (non-hydrogen) atoms. The minimum atomic E-state index is 0.472. The third-order valence-corrected chi connectivity index (χ3v) is 3.16.